The zero-order chi connectivity index (χ0) is 13.2. The Labute approximate surface area is 110 Å². The summed E-state index contributed by atoms with van der Waals surface area (Å²) in [5.41, 5.74) is 1.96. The minimum absolute atomic E-state index is 0.421. The van der Waals surface area contributed by atoms with Crippen molar-refractivity contribution in [2.45, 2.75) is 39.0 Å². The summed E-state index contributed by atoms with van der Waals surface area (Å²) in [6.07, 6.45) is 0. The van der Waals surface area contributed by atoms with Crippen molar-refractivity contribution in [2.24, 2.45) is 0 Å². The summed E-state index contributed by atoms with van der Waals surface area (Å²) in [6.45, 7) is 9.44. The predicted octanol–water partition coefficient (Wildman–Crippen LogP) is 1.54. The zero-order valence-electron chi connectivity index (χ0n) is 11.6. The molecule has 100 valence electrons. The van der Waals surface area contributed by atoms with E-state index in [2.05, 4.69) is 48.3 Å². The Morgan fingerprint density at radius 1 is 1.39 bits per heavy atom. The molecule has 1 heterocycles. The molecule has 0 aliphatic carbocycles. The Morgan fingerprint density at radius 3 is 2.72 bits per heavy atom. The number of β-amino-alcohol motifs (C(OH)–C–C–N with tert-alkyl or cyclic N) is 1. The zero-order valence-corrected chi connectivity index (χ0v) is 11.6. The van der Waals surface area contributed by atoms with Crippen molar-refractivity contribution in [1.29, 1.82) is 0 Å². The van der Waals surface area contributed by atoms with Crippen LogP contribution in [0.5, 0.6) is 0 Å². The maximum Gasteiger partial charge on any atom is 0.0869 e. The lowest BCUT2D eigenvalue weighted by Gasteiger charge is -2.28. The third-order valence-electron chi connectivity index (χ3n) is 3.45. The second-order valence-electron chi connectivity index (χ2n) is 5.93. The van der Waals surface area contributed by atoms with Crippen LogP contribution in [0.1, 0.15) is 25.0 Å². The van der Waals surface area contributed by atoms with E-state index in [1.54, 1.807) is 0 Å². The molecule has 0 saturated carbocycles. The van der Waals surface area contributed by atoms with Gasteiger partial charge in [-0.2, -0.15) is 0 Å². The number of nitrogens with one attached hydrogen (secondary N) is 1. The molecular formula is C15H24N2O. The Kier molecular flexibility index (Phi) is 4.05. The molecule has 3 heteroatoms. The van der Waals surface area contributed by atoms with Crippen molar-refractivity contribution < 1.29 is 5.11 Å². The fraction of sp³-hybridized carbons (Fsp3) is 0.600. The van der Waals surface area contributed by atoms with Gasteiger partial charge in [0, 0.05) is 32.2 Å². The Balaban J connectivity index is 2.04. The van der Waals surface area contributed by atoms with Gasteiger partial charge in [-0.15, -0.1) is 0 Å². The molecule has 18 heavy (non-hydrogen) atoms. The van der Waals surface area contributed by atoms with Crippen LogP contribution in [0.25, 0.3) is 0 Å². The third-order valence-corrected chi connectivity index (χ3v) is 3.45. The molecule has 0 radical (unpaired) electrons. The first-order valence-corrected chi connectivity index (χ1v) is 6.68. The molecule has 0 spiro atoms. The van der Waals surface area contributed by atoms with Crippen molar-refractivity contribution in [3.8, 4) is 0 Å². The lowest BCUT2D eigenvalue weighted by Crippen LogP contribution is -2.43. The van der Waals surface area contributed by atoms with Crippen LogP contribution in [-0.4, -0.2) is 41.3 Å². The third kappa shape index (κ3) is 3.80. The van der Waals surface area contributed by atoms with Gasteiger partial charge in [0.2, 0.25) is 0 Å². The number of nitrogens with zero attached hydrogens (tertiary/aromatic N) is 1. The molecule has 0 aromatic heterocycles. The molecule has 2 rings (SSSR count). The largest absolute Gasteiger partial charge is 0.388 e. The number of aryl methyl sites for hydroxylation is 1. The molecule has 2 atom stereocenters. The van der Waals surface area contributed by atoms with Crippen LogP contribution >= 0.6 is 0 Å². The van der Waals surface area contributed by atoms with Gasteiger partial charge < -0.3 is 10.4 Å². The maximum atomic E-state index is 10.3. The fourth-order valence-corrected chi connectivity index (χ4v) is 2.52. The first-order chi connectivity index (χ1) is 8.44. The van der Waals surface area contributed by atoms with E-state index in [1.165, 1.54) is 11.1 Å². The van der Waals surface area contributed by atoms with Crippen LogP contribution in [-0.2, 0) is 6.54 Å². The highest BCUT2D eigenvalue weighted by Gasteiger charge is 2.28. The van der Waals surface area contributed by atoms with Gasteiger partial charge in [-0.25, -0.2) is 0 Å². The lowest BCUT2D eigenvalue weighted by molar-refractivity contribution is 0.0321. The van der Waals surface area contributed by atoms with Crippen molar-refractivity contribution in [2.75, 3.05) is 19.6 Å². The van der Waals surface area contributed by atoms with Crippen LogP contribution in [0.2, 0.25) is 0 Å². The van der Waals surface area contributed by atoms with Crippen LogP contribution in [0, 0.1) is 6.92 Å². The average Bonchev–Trinajstić information content (AvgIpc) is 2.41. The lowest BCUT2D eigenvalue weighted by atomic mass is 10.1. The van der Waals surface area contributed by atoms with Gasteiger partial charge in [-0.1, -0.05) is 29.8 Å². The second-order valence-corrected chi connectivity index (χ2v) is 5.93. The molecule has 3 nitrogen and oxygen atoms in total. The van der Waals surface area contributed by atoms with E-state index in [0.717, 1.165) is 19.6 Å². The standard InChI is InChI=1S/C15H24N2O/c1-12-4-6-14(7-5-12)9-17-8-13(2)16-10-15(3,18)11-17/h4-7,13,16,18H,8-11H2,1-3H3. The van der Waals surface area contributed by atoms with Gasteiger partial charge in [0.25, 0.3) is 0 Å². The topological polar surface area (TPSA) is 35.5 Å². The first-order valence-electron chi connectivity index (χ1n) is 6.68. The van der Waals surface area contributed by atoms with Gasteiger partial charge in [0.1, 0.15) is 0 Å². The SMILES string of the molecule is Cc1ccc(CN2CC(C)NCC(C)(O)C2)cc1. The van der Waals surface area contributed by atoms with Crippen LogP contribution in [0.15, 0.2) is 24.3 Å². The number of benzene rings is 1. The smallest absolute Gasteiger partial charge is 0.0869 e. The first kappa shape index (κ1) is 13.5. The van der Waals surface area contributed by atoms with Gasteiger partial charge in [-0.05, 0) is 26.3 Å². The van der Waals surface area contributed by atoms with Gasteiger partial charge in [0.15, 0.2) is 0 Å². The summed E-state index contributed by atoms with van der Waals surface area (Å²) >= 11 is 0. The number of hydrogen-bond donors (Lipinski definition) is 2. The molecule has 1 aromatic carbocycles. The quantitative estimate of drug-likeness (QED) is 0.833. The summed E-state index contributed by atoms with van der Waals surface area (Å²) in [6, 6.07) is 9.06. The minimum atomic E-state index is -0.643. The second kappa shape index (κ2) is 5.39. The monoisotopic (exact) mass is 248 g/mol. The highest BCUT2D eigenvalue weighted by atomic mass is 16.3. The highest BCUT2D eigenvalue weighted by molar-refractivity contribution is 5.21. The van der Waals surface area contributed by atoms with Crippen molar-refractivity contribution in [1.82, 2.24) is 10.2 Å². The van der Waals surface area contributed by atoms with Gasteiger partial charge in [0.05, 0.1) is 5.60 Å². The molecule has 1 aromatic rings. The molecular weight excluding hydrogens is 224 g/mol. The summed E-state index contributed by atoms with van der Waals surface area (Å²) in [4.78, 5) is 2.33. The average molecular weight is 248 g/mol. The Hall–Kier alpha value is -0.900. The van der Waals surface area contributed by atoms with Crippen molar-refractivity contribution in [3.05, 3.63) is 35.4 Å². The molecule has 1 fully saturated rings. The highest BCUT2D eigenvalue weighted by Crippen LogP contribution is 2.14. The molecule has 1 aliphatic rings. The molecule has 2 unspecified atom stereocenters. The summed E-state index contributed by atoms with van der Waals surface area (Å²) < 4.78 is 0. The van der Waals surface area contributed by atoms with Gasteiger partial charge in [-0.3, -0.25) is 4.90 Å². The van der Waals surface area contributed by atoms with E-state index in [9.17, 15) is 5.11 Å². The summed E-state index contributed by atoms with van der Waals surface area (Å²) in [7, 11) is 0. The van der Waals surface area contributed by atoms with Gasteiger partial charge >= 0.3 is 0 Å². The summed E-state index contributed by atoms with van der Waals surface area (Å²) in [5, 5.41) is 13.6. The fourth-order valence-electron chi connectivity index (χ4n) is 2.52. The minimum Gasteiger partial charge on any atom is -0.388 e. The van der Waals surface area contributed by atoms with E-state index in [0.29, 0.717) is 12.6 Å². The predicted molar refractivity (Wildman–Crippen MR) is 74.5 cm³/mol. The van der Waals surface area contributed by atoms with E-state index in [4.69, 9.17) is 0 Å². The summed E-state index contributed by atoms with van der Waals surface area (Å²) in [5.74, 6) is 0. The van der Waals surface area contributed by atoms with E-state index < -0.39 is 5.60 Å². The number of rotatable bonds is 2. The maximum absolute atomic E-state index is 10.3. The van der Waals surface area contributed by atoms with Crippen LogP contribution < -0.4 is 5.32 Å². The number of hydrogen-bond acceptors (Lipinski definition) is 3. The Bertz CT molecular complexity index is 386. The normalized spacial score (nSPS) is 30.1. The van der Waals surface area contributed by atoms with Crippen molar-refractivity contribution in [3.63, 3.8) is 0 Å². The van der Waals surface area contributed by atoms with Crippen LogP contribution in [0.3, 0.4) is 0 Å². The van der Waals surface area contributed by atoms with E-state index in [1.807, 2.05) is 6.92 Å². The molecule has 0 amide bonds. The molecule has 1 aliphatic heterocycles. The van der Waals surface area contributed by atoms with E-state index in [-0.39, 0.29) is 0 Å². The molecule has 2 N–H and O–H groups in total. The molecule has 0 bridgehead atoms. The number of aliphatic hydroxyl groups is 1. The molecule has 1 saturated heterocycles. The van der Waals surface area contributed by atoms with Crippen molar-refractivity contribution >= 4 is 0 Å². The van der Waals surface area contributed by atoms with Crippen LogP contribution in [0.4, 0.5) is 0 Å². The Morgan fingerprint density at radius 2 is 2.06 bits per heavy atom. The van der Waals surface area contributed by atoms with E-state index >= 15 is 0 Å².